The van der Waals surface area contributed by atoms with E-state index >= 15 is 0 Å². The summed E-state index contributed by atoms with van der Waals surface area (Å²) in [6.45, 7) is 8.02. The fraction of sp³-hybridized carbons (Fsp3) is 0.357. The normalized spacial score (nSPS) is 14.8. The van der Waals surface area contributed by atoms with Crippen LogP contribution in [0.3, 0.4) is 0 Å². The summed E-state index contributed by atoms with van der Waals surface area (Å²) in [5, 5.41) is 9.89. The van der Waals surface area contributed by atoms with Crippen molar-refractivity contribution in [3.8, 4) is 6.57 Å². The first kappa shape index (κ1) is 12.5. The van der Waals surface area contributed by atoms with E-state index in [0.29, 0.717) is 0 Å². The van der Waals surface area contributed by atoms with Crippen LogP contribution in [0.5, 0.6) is 0 Å². The van der Waals surface area contributed by atoms with Crippen LogP contribution in [0, 0.1) is 11.8 Å². The number of piperidine rings is 1. The van der Waals surface area contributed by atoms with Gasteiger partial charge in [0.1, 0.15) is 0 Å². The second-order valence-corrected chi connectivity index (χ2v) is 3.84. The summed E-state index contributed by atoms with van der Waals surface area (Å²) in [6.07, 6.45) is 2.42. The van der Waals surface area contributed by atoms with Gasteiger partial charge in [0.25, 0.3) is 0 Å². The highest BCUT2D eigenvalue weighted by Crippen LogP contribution is 2.23. The maximum Gasteiger partial charge on any atom is 0.0462 e. The molecular formula is C14H18N2. The Balaban J connectivity index is 0.000000606. The molecule has 0 bridgehead atoms. The molecule has 0 spiro atoms. The molecule has 84 valence electrons. The summed E-state index contributed by atoms with van der Waals surface area (Å²) in [4.78, 5) is 0. The number of hydrogen-bond acceptors (Lipinski definition) is 2. The first-order chi connectivity index (χ1) is 7.88. The zero-order chi connectivity index (χ0) is 11.8. The largest absolute Gasteiger partial charge is 0.316 e. The molecule has 0 atom stereocenters. The van der Waals surface area contributed by atoms with E-state index in [2.05, 4.69) is 49.1 Å². The standard InChI is InChI=1S/C13H17N.CHN/c1-11(12-5-3-2-4-6-12)13-7-9-14-10-8-13;1-2/h2-6,14H,7-10H2,1H3;1H. The van der Waals surface area contributed by atoms with Crippen molar-refractivity contribution < 1.29 is 0 Å². The average Bonchev–Trinajstić information content (AvgIpc) is 2.42. The van der Waals surface area contributed by atoms with Gasteiger partial charge >= 0.3 is 0 Å². The molecule has 0 radical (unpaired) electrons. The molecule has 1 aromatic rings. The smallest absolute Gasteiger partial charge is 0.0462 e. The van der Waals surface area contributed by atoms with Gasteiger partial charge in [-0.1, -0.05) is 35.9 Å². The van der Waals surface area contributed by atoms with Gasteiger partial charge < -0.3 is 5.32 Å². The second kappa shape index (κ2) is 6.81. The first-order valence-corrected chi connectivity index (χ1v) is 5.58. The van der Waals surface area contributed by atoms with Crippen LogP contribution in [-0.2, 0) is 0 Å². The van der Waals surface area contributed by atoms with E-state index in [1.54, 1.807) is 5.57 Å². The highest BCUT2D eigenvalue weighted by molar-refractivity contribution is 5.67. The Morgan fingerprint density at radius 3 is 2.25 bits per heavy atom. The highest BCUT2D eigenvalue weighted by atomic mass is 14.9. The van der Waals surface area contributed by atoms with Crippen LogP contribution < -0.4 is 5.32 Å². The van der Waals surface area contributed by atoms with Crippen molar-refractivity contribution >= 4 is 5.57 Å². The minimum atomic E-state index is 1.14. The van der Waals surface area contributed by atoms with E-state index in [4.69, 9.17) is 5.26 Å². The second-order valence-electron chi connectivity index (χ2n) is 3.84. The van der Waals surface area contributed by atoms with Gasteiger partial charge in [0.05, 0.1) is 0 Å². The van der Waals surface area contributed by atoms with Gasteiger partial charge in [-0.25, -0.2) is 5.26 Å². The van der Waals surface area contributed by atoms with E-state index in [1.807, 2.05) is 0 Å². The van der Waals surface area contributed by atoms with Crippen LogP contribution in [0.25, 0.3) is 5.57 Å². The maximum atomic E-state index is 6.50. The number of nitriles is 1. The fourth-order valence-corrected chi connectivity index (χ4v) is 2.00. The van der Waals surface area contributed by atoms with Crippen molar-refractivity contribution in [2.24, 2.45) is 0 Å². The third-order valence-electron chi connectivity index (χ3n) is 2.94. The Morgan fingerprint density at radius 2 is 1.69 bits per heavy atom. The minimum absolute atomic E-state index is 1.14. The van der Waals surface area contributed by atoms with Crippen molar-refractivity contribution in [1.29, 1.82) is 5.26 Å². The molecule has 0 amide bonds. The Labute approximate surface area is 97.6 Å². The number of nitrogens with zero attached hydrogens (tertiary/aromatic N) is 1. The van der Waals surface area contributed by atoms with E-state index in [1.165, 1.54) is 24.0 Å². The third kappa shape index (κ3) is 3.22. The highest BCUT2D eigenvalue weighted by Gasteiger charge is 2.08. The minimum Gasteiger partial charge on any atom is -0.316 e. The molecule has 1 aliphatic heterocycles. The van der Waals surface area contributed by atoms with Gasteiger partial charge in [-0.05, 0) is 44.0 Å². The molecule has 16 heavy (non-hydrogen) atoms. The molecule has 1 N–H and O–H groups in total. The lowest BCUT2D eigenvalue weighted by Crippen LogP contribution is -2.23. The summed E-state index contributed by atoms with van der Waals surface area (Å²) in [7, 11) is 0. The summed E-state index contributed by atoms with van der Waals surface area (Å²) in [6, 6.07) is 10.7. The molecule has 2 nitrogen and oxygen atoms in total. The van der Waals surface area contributed by atoms with Crippen molar-refractivity contribution in [3.63, 3.8) is 0 Å². The number of rotatable bonds is 1. The molecule has 2 rings (SSSR count). The van der Waals surface area contributed by atoms with Gasteiger partial charge in [-0.2, -0.15) is 0 Å². The summed E-state index contributed by atoms with van der Waals surface area (Å²) >= 11 is 0. The molecule has 0 unspecified atom stereocenters. The Hall–Kier alpha value is -1.59. The van der Waals surface area contributed by atoms with E-state index in [-0.39, 0.29) is 0 Å². The molecule has 0 saturated carbocycles. The molecule has 1 aliphatic rings. The lowest BCUT2D eigenvalue weighted by molar-refractivity contribution is 0.611. The summed E-state index contributed by atoms with van der Waals surface area (Å²) in [5.74, 6) is 0. The summed E-state index contributed by atoms with van der Waals surface area (Å²) < 4.78 is 0. The molecule has 0 aromatic heterocycles. The van der Waals surface area contributed by atoms with Crippen molar-refractivity contribution in [1.82, 2.24) is 5.32 Å². The lowest BCUT2D eigenvalue weighted by atomic mass is 9.95. The van der Waals surface area contributed by atoms with Gasteiger partial charge in [-0.3, -0.25) is 0 Å². The molecule has 1 fully saturated rings. The van der Waals surface area contributed by atoms with Crippen molar-refractivity contribution in [2.45, 2.75) is 19.8 Å². The lowest BCUT2D eigenvalue weighted by Gasteiger charge is -2.18. The molecule has 0 aliphatic carbocycles. The summed E-state index contributed by atoms with van der Waals surface area (Å²) in [5.41, 5.74) is 4.48. The number of nitrogens with one attached hydrogen (secondary N) is 1. The predicted octanol–water partition coefficient (Wildman–Crippen LogP) is 2.98. The topological polar surface area (TPSA) is 35.8 Å². The first-order valence-electron chi connectivity index (χ1n) is 5.58. The van der Waals surface area contributed by atoms with Crippen molar-refractivity contribution in [3.05, 3.63) is 41.5 Å². The van der Waals surface area contributed by atoms with Crippen LogP contribution in [0.15, 0.2) is 35.9 Å². The van der Waals surface area contributed by atoms with Crippen LogP contribution in [0.2, 0.25) is 0 Å². The number of benzene rings is 1. The zero-order valence-electron chi connectivity index (χ0n) is 9.74. The average molecular weight is 214 g/mol. The monoisotopic (exact) mass is 214 g/mol. The zero-order valence-corrected chi connectivity index (χ0v) is 9.74. The Kier molecular flexibility index (Phi) is 5.31. The molecule has 2 heteroatoms. The van der Waals surface area contributed by atoms with Crippen LogP contribution in [0.1, 0.15) is 25.3 Å². The quantitative estimate of drug-likeness (QED) is 0.780. The SMILES string of the molecule is C#N.CC(=C1CCNCC1)c1ccccc1. The van der Waals surface area contributed by atoms with E-state index in [9.17, 15) is 0 Å². The van der Waals surface area contributed by atoms with Gasteiger partial charge in [0.15, 0.2) is 0 Å². The molecular weight excluding hydrogens is 196 g/mol. The van der Waals surface area contributed by atoms with E-state index < -0.39 is 0 Å². The Morgan fingerprint density at radius 1 is 1.12 bits per heavy atom. The molecule has 1 aromatic carbocycles. The number of hydrogen-bond donors (Lipinski definition) is 1. The number of allylic oxidation sites excluding steroid dienone is 1. The van der Waals surface area contributed by atoms with Crippen molar-refractivity contribution in [2.75, 3.05) is 13.1 Å². The van der Waals surface area contributed by atoms with Gasteiger partial charge in [0.2, 0.25) is 0 Å². The third-order valence-corrected chi connectivity index (χ3v) is 2.94. The fourth-order valence-electron chi connectivity index (χ4n) is 2.00. The maximum absolute atomic E-state index is 6.50. The van der Waals surface area contributed by atoms with Gasteiger partial charge in [-0.15, -0.1) is 0 Å². The van der Waals surface area contributed by atoms with Crippen LogP contribution >= 0.6 is 0 Å². The van der Waals surface area contributed by atoms with Crippen LogP contribution in [0.4, 0.5) is 0 Å². The molecule has 1 saturated heterocycles. The van der Waals surface area contributed by atoms with Crippen LogP contribution in [-0.4, -0.2) is 13.1 Å². The Bertz CT molecular complexity index is 355. The van der Waals surface area contributed by atoms with E-state index in [0.717, 1.165) is 13.1 Å². The molecule has 1 heterocycles. The predicted molar refractivity (Wildman–Crippen MR) is 67.8 cm³/mol. The van der Waals surface area contributed by atoms with Gasteiger partial charge in [0, 0.05) is 6.57 Å².